The molecule has 2 heterocycles. The molecule has 6 amide bonds. The van der Waals surface area contributed by atoms with Gasteiger partial charge >= 0.3 is 39.9 Å². The summed E-state index contributed by atoms with van der Waals surface area (Å²) in [5, 5.41) is 13.7. The molecule has 2 atom stereocenters. The summed E-state index contributed by atoms with van der Waals surface area (Å²) in [5.41, 5.74) is -0.0546. The van der Waals surface area contributed by atoms with E-state index in [1.807, 2.05) is 48.5 Å². The number of benzene rings is 4. The number of rotatable bonds is 26. The number of phosphoric ester groups is 2. The van der Waals surface area contributed by atoms with E-state index in [1.54, 1.807) is 24.5 Å². The second-order valence-corrected chi connectivity index (χ2v) is 20.6. The lowest BCUT2D eigenvalue weighted by Crippen LogP contribution is -2.46. The normalized spacial score (nSPS) is 11.8. The number of carbonyl (C=O) groups is 4. The van der Waals surface area contributed by atoms with Gasteiger partial charge in [0.2, 0.25) is 0 Å². The van der Waals surface area contributed by atoms with Gasteiger partial charge in [0.1, 0.15) is 24.8 Å². The Hall–Kier alpha value is -6.58. The Kier molecular flexibility index (Phi) is 29.5. The molecule has 0 radical (unpaired) electrons. The summed E-state index contributed by atoms with van der Waals surface area (Å²) in [7, 11) is -2.86. The van der Waals surface area contributed by atoms with Crippen LogP contribution in [0.15, 0.2) is 109 Å². The second-order valence-electron chi connectivity index (χ2n) is 17.5. The number of ether oxygens (including phenoxy) is 2. The molecule has 22 nitrogen and oxygen atoms in total. The molecule has 4 aromatic carbocycles. The van der Waals surface area contributed by atoms with Crippen LogP contribution >= 0.6 is 42.6 Å². The first-order valence-electron chi connectivity index (χ1n) is 24.7. The van der Waals surface area contributed by atoms with Gasteiger partial charge in [0.25, 0.3) is 0 Å². The number of likely N-dealkylation sites (N-methyl/N-ethyl adjacent to an activating group) is 2. The molecule has 0 saturated heterocycles. The zero-order chi connectivity index (χ0) is 58.2. The lowest BCUT2D eigenvalue weighted by Gasteiger charge is -2.28. The number of amides is 6. The van der Waals surface area contributed by atoms with Crippen molar-refractivity contribution in [3.8, 4) is 0 Å². The monoisotopic (exact) mass is 1230 g/mol. The second kappa shape index (κ2) is 34.8. The summed E-state index contributed by atoms with van der Waals surface area (Å²) < 4.78 is 108. The van der Waals surface area contributed by atoms with Crippen LogP contribution < -0.4 is 21.3 Å². The van der Waals surface area contributed by atoms with Crippen LogP contribution in [-0.4, -0.2) is 121 Å². The fourth-order valence-electron chi connectivity index (χ4n) is 7.50. The molecular weight excluding hydrogens is 1160 g/mol. The Morgan fingerprint density at radius 3 is 1.35 bits per heavy atom. The minimum absolute atomic E-state index is 0. The molecule has 0 bridgehead atoms. The van der Waals surface area contributed by atoms with Crippen molar-refractivity contribution in [2.75, 3.05) is 65.4 Å². The summed E-state index contributed by atoms with van der Waals surface area (Å²) in [6.45, 7) is -1.06. The van der Waals surface area contributed by atoms with Gasteiger partial charge in [-0.15, -0.1) is 0 Å². The van der Waals surface area contributed by atoms with Crippen LogP contribution in [0.3, 0.4) is 0 Å². The van der Waals surface area contributed by atoms with Gasteiger partial charge < -0.3 is 39.7 Å². The van der Waals surface area contributed by atoms with Crippen molar-refractivity contribution in [2.45, 2.75) is 63.7 Å². The number of phosphoric acid groups is 2. The fourth-order valence-corrected chi connectivity index (χ4v) is 8.58. The van der Waals surface area contributed by atoms with Crippen LogP contribution in [0, 0.1) is 23.3 Å². The van der Waals surface area contributed by atoms with Gasteiger partial charge in [0, 0.05) is 75.7 Å². The number of carbonyl (C=O) groups excluding carboxylic acids is 4. The molecule has 2 aromatic heterocycles. The highest BCUT2D eigenvalue weighted by Gasteiger charge is 2.26. The molecular formula is C52H66F4N8O14P2S2. The molecule has 0 fully saturated rings. The quantitative estimate of drug-likeness (QED) is 0.0167. The van der Waals surface area contributed by atoms with E-state index in [9.17, 15) is 45.9 Å². The first-order chi connectivity index (χ1) is 38.2. The van der Waals surface area contributed by atoms with Gasteiger partial charge in [-0.05, 0) is 73.6 Å². The summed E-state index contributed by atoms with van der Waals surface area (Å²) in [6, 6.07) is 23.2. The van der Waals surface area contributed by atoms with Crippen molar-refractivity contribution < 1.29 is 83.2 Å². The lowest BCUT2D eigenvalue weighted by molar-refractivity contribution is 0.110. The Morgan fingerprint density at radius 1 is 0.573 bits per heavy atom. The van der Waals surface area contributed by atoms with Crippen molar-refractivity contribution in [3.63, 3.8) is 0 Å². The lowest BCUT2D eigenvalue weighted by atomic mass is 10.1. The molecule has 82 heavy (non-hydrogen) atoms. The van der Waals surface area contributed by atoms with Crippen LogP contribution in [0.2, 0.25) is 0 Å². The topological polar surface area (TPSA) is 279 Å². The van der Waals surface area contributed by atoms with E-state index >= 15 is 0 Å². The zero-order valence-electron chi connectivity index (χ0n) is 45.0. The van der Waals surface area contributed by atoms with Gasteiger partial charge in [-0.3, -0.25) is 28.7 Å². The van der Waals surface area contributed by atoms with Gasteiger partial charge in [-0.25, -0.2) is 55.8 Å². The number of halogens is 4. The molecule has 30 heteroatoms. The van der Waals surface area contributed by atoms with Crippen LogP contribution in [0.25, 0.3) is 21.5 Å². The highest BCUT2D eigenvalue weighted by Crippen LogP contribution is 2.47. The van der Waals surface area contributed by atoms with E-state index in [4.69, 9.17) is 32.8 Å². The summed E-state index contributed by atoms with van der Waals surface area (Å²) in [6.07, 6.45) is 3.87. The minimum atomic E-state index is -4.60. The van der Waals surface area contributed by atoms with Gasteiger partial charge in [0.05, 0.1) is 25.3 Å². The van der Waals surface area contributed by atoms with E-state index < -0.39 is 75.2 Å². The first kappa shape index (κ1) is 69.7. The number of hydrogen-bond donors (Lipinski definition) is 6. The number of nitrogens with zero attached hydrogens (tertiary/aromatic N) is 4. The molecule has 0 unspecified atom stereocenters. The number of urea groups is 2. The minimum Gasteiger partial charge on any atom is -0.447 e. The van der Waals surface area contributed by atoms with Crippen LogP contribution in [0.5, 0.6) is 0 Å². The van der Waals surface area contributed by atoms with Crippen molar-refractivity contribution in [2.24, 2.45) is 0 Å². The third-order valence-electron chi connectivity index (χ3n) is 12.0. The molecule has 448 valence electrons. The number of fused-ring (bicyclic) bond motifs is 2. The Labute approximate surface area is 484 Å². The average molecular weight is 1230 g/mol. The first-order valence-corrected chi connectivity index (χ1v) is 27.7. The van der Waals surface area contributed by atoms with E-state index in [-0.39, 0.29) is 96.3 Å². The van der Waals surface area contributed by atoms with E-state index in [1.165, 1.54) is 62.4 Å². The van der Waals surface area contributed by atoms with Crippen molar-refractivity contribution in [1.82, 2.24) is 30.4 Å². The van der Waals surface area contributed by atoms with Crippen LogP contribution in [-0.2, 0) is 49.8 Å². The number of anilines is 2. The number of pyridine rings is 2. The van der Waals surface area contributed by atoms with Gasteiger partial charge in [0.15, 0.2) is 23.3 Å². The zero-order valence-corrected chi connectivity index (χ0v) is 48.8. The molecule has 0 aliphatic rings. The predicted octanol–water partition coefficient (Wildman–Crippen LogP) is 10.6. The Balaban J connectivity index is 0.000000420. The highest BCUT2D eigenvalue weighted by atomic mass is 32.1. The summed E-state index contributed by atoms with van der Waals surface area (Å²) in [4.78, 5) is 79.1. The maximum absolute atomic E-state index is 14.0. The van der Waals surface area contributed by atoms with Crippen molar-refractivity contribution in [3.05, 3.63) is 144 Å². The van der Waals surface area contributed by atoms with Crippen molar-refractivity contribution >= 4 is 100 Å². The fraction of sp³-hybridized carbons (Fsp3) is 0.346. The van der Waals surface area contributed by atoms with Gasteiger partial charge in [-0.2, -0.15) is 27.0 Å². The van der Waals surface area contributed by atoms with Crippen LogP contribution in [0.4, 0.5) is 48.4 Å². The molecule has 0 aliphatic carbocycles. The molecule has 6 aromatic rings. The molecule has 0 saturated carbocycles. The Morgan fingerprint density at radius 2 is 0.963 bits per heavy atom. The molecule has 6 rings (SSSR count). The molecule has 0 spiro atoms. The van der Waals surface area contributed by atoms with E-state index in [0.29, 0.717) is 31.5 Å². The predicted molar refractivity (Wildman–Crippen MR) is 308 cm³/mol. The number of unbranched alkanes of at least 4 members (excludes halogenated alkanes) is 2. The van der Waals surface area contributed by atoms with Crippen LogP contribution in [0.1, 0.15) is 49.7 Å². The van der Waals surface area contributed by atoms with Crippen molar-refractivity contribution in [1.29, 1.82) is 0 Å². The number of hydrogen-bond acceptors (Lipinski definition) is 14. The Bertz CT molecular complexity index is 3140. The van der Waals surface area contributed by atoms with E-state index in [0.717, 1.165) is 33.7 Å². The largest absolute Gasteiger partial charge is 0.474 e. The summed E-state index contributed by atoms with van der Waals surface area (Å²) in [5.74, 6) is -3.59. The number of aromatic nitrogens is 2. The third-order valence-corrected chi connectivity index (χ3v) is 13.9. The molecule has 6 N–H and O–H groups in total. The average Bonchev–Trinajstić information content (AvgIpc) is 3.45. The third kappa shape index (κ3) is 23.0. The maximum atomic E-state index is 14.0. The van der Waals surface area contributed by atoms with Gasteiger partial charge in [-0.1, -0.05) is 72.8 Å². The molecule has 0 aliphatic heterocycles. The highest BCUT2D eigenvalue weighted by molar-refractivity contribution is 7.59. The van der Waals surface area contributed by atoms with E-state index in [2.05, 4.69) is 35.8 Å². The number of nitrogens with one attached hydrogen (secondary N) is 4. The summed E-state index contributed by atoms with van der Waals surface area (Å²) >= 11 is 0. The SMILES string of the molecule is CN(C(=O)NCc1cccc(F)c1F)[C@@H](CCCCOP(=O)(O)O)COC(=O)Nc1cc2ccccc2cn1.COP(=O)(OC)OCCCC[C@@H](COC(=O)Nc1cc2ccccc2cn1)N(C)C(=O)NCc1cccc(F)c1F.S.S. The smallest absolute Gasteiger partial charge is 0.447 e. The maximum Gasteiger partial charge on any atom is 0.474 e. The standard InChI is InChI=1S/C27H33F2N4O7P.C25H29F2N4O7P.2H2S/c1-33(26(34)31-17-21-11-8-13-23(28)25(21)29)22(12-6-7-14-40-41(36,37-2)38-3)18-39-27(35)32-24-15-19-9-4-5-10-20(19)16-30-24;1-31(24(32)29-15-19-9-6-11-21(26)23(19)27)20(10-4-5-12-38-39(34,35)36)16-37-25(33)30-22-13-17-7-2-3-8-18(17)14-28-22;;/h4-5,8-11,13,15-16,22H,6-7,12,14,17-18H2,1-3H3,(H,31,34)(H,30,32,35);2-3,6-9,11,13-14,20H,4-5,10,12,15-16H2,1H3,(H,29,32)(H,28,30,33)(H2,34,35,36);2*1H2/t22-;20-;;/m00../s1.